The minimum atomic E-state index is -0.769. The van der Waals surface area contributed by atoms with Crippen molar-refractivity contribution in [2.45, 2.75) is 33.5 Å². The Morgan fingerprint density at radius 2 is 1.59 bits per heavy atom. The molecule has 6 heteroatoms. The van der Waals surface area contributed by atoms with Gasteiger partial charge in [-0.1, -0.05) is 48.5 Å². The van der Waals surface area contributed by atoms with Crippen LogP contribution in [0.4, 0.5) is 0 Å². The van der Waals surface area contributed by atoms with Crippen molar-refractivity contribution >= 4 is 11.9 Å². The quantitative estimate of drug-likeness (QED) is 0.508. The third-order valence-corrected chi connectivity index (χ3v) is 4.83. The van der Waals surface area contributed by atoms with E-state index in [9.17, 15) is 14.7 Å². The van der Waals surface area contributed by atoms with E-state index in [1.54, 1.807) is 45.0 Å². The fourth-order valence-electron chi connectivity index (χ4n) is 3.45. The van der Waals surface area contributed by atoms with E-state index >= 15 is 0 Å². The number of phenolic OH excluding ortho intramolecular Hbond substituents is 1. The van der Waals surface area contributed by atoms with Gasteiger partial charge >= 0.3 is 11.9 Å². The molecule has 32 heavy (non-hydrogen) atoms. The molecule has 0 aliphatic heterocycles. The molecule has 0 atom stereocenters. The van der Waals surface area contributed by atoms with E-state index in [0.717, 1.165) is 5.56 Å². The molecule has 0 heterocycles. The summed E-state index contributed by atoms with van der Waals surface area (Å²) in [4.78, 5) is 25.7. The first-order valence-electron chi connectivity index (χ1n) is 10.3. The molecule has 0 fully saturated rings. The van der Waals surface area contributed by atoms with E-state index in [0.29, 0.717) is 16.9 Å². The predicted molar refractivity (Wildman–Crippen MR) is 121 cm³/mol. The fraction of sp³-hybridized carbons (Fsp3) is 0.231. The van der Waals surface area contributed by atoms with Crippen molar-refractivity contribution < 1.29 is 28.9 Å². The SMILES string of the molecule is COC(=O)c1c(O)cc(C)c(C(=O)OC(C)C)c1-c1ccccc1OCc1ccccc1. The molecule has 0 aromatic heterocycles. The molecular weight excluding hydrogens is 408 g/mol. The number of rotatable bonds is 7. The molecule has 3 aromatic carbocycles. The number of carbonyl (C=O) groups excluding carboxylic acids is 2. The Labute approximate surface area is 187 Å². The zero-order valence-electron chi connectivity index (χ0n) is 18.5. The van der Waals surface area contributed by atoms with Crippen LogP contribution in [-0.4, -0.2) is 30.3 Å². The van der Waals surface area contributed by atoms with Gasteiger partial charge in [0.15, 0.2) is 0 Å². The number of hydrogen-bond acceptors (Lipinski definition) is 6. The molecule has 6 nitrogen and oxygen atoms in total. The Kier molecular flexibility index (Phi) is 7.15. The molecule has 0 saturated heterocycles. The van der Waals surface area contributed by atoms with Gasteiger partial charge in [0, 0.05) is 11.1 Å². The molecule has 0 bridgehead atoms. The second-order valence-corrected chi connectivity index (χ2v) is 7.55. The maximum absolute atomic E-state index is 13.0. The number of methoxy groups -OCH3 is 1. The van der Waals surface area contributed by atoms with E-state index in [2.05, 4.69) is 0 Å². The van der Waals surface area contributed by atoms with Crippen molar-refractivity contribution in [2.75, 3.05) is 7.11 Å². The minimum absolute atomic E-state index is 0.121. The Morgan fingerprint density at radius 1 is 0.938 bits per heavy atom. The lowest BCUT2D eigenvalue weighted by Gasteiger charge is -2.20. The van der Waals surface area contributed by atoms with Gasteiger partial charge in [0.2, 0.25) is 0 Å². The van der Waals surface area contributed by atoms with Crippen LogP contribution in [0.3, 0.4) is 0 Å². The lowest BCUT2D eigenvalue weighted by atomic mass is 9.89. The van der Waals surface area contributed by atoms with Crippen LogP contribution in [0.15, 0.2) is 60.7 Å². The highest BCUT2D eigenvalue weighted by Crippen LogP contribution is 2.41. The molecular formula is C26H26O6. The van der Waals surface area contributed by atoms with Gasteiger partial charge in [0.05, 0.1) is 18.8 Å². The smallest absolute Gasteiger partial charge is 0.342 e. The van der Waals surface area contributed by atoms with Gasteiger partial charge in [-0.25, -0.2) is 9.59 Å². The third kappa shape index (κ3) is 4.91. The minimum Gasteiger partial charge on any atom is -0.507 e. The first-order chi connectivity index (χ1) is 15.3. The number of benzene rings is 3. The highest BCUT2D eigenvalue weighted by molar-refractivity contribution is 6.09. The molecule has 0 saturated carbocycles. The van der Waals surface area contributed by atoms with Crippen molar-refractivity contribution in [1.29, 1.82) is 0 Å². The molecule has 0 unspecified atom stereocenters. The molecule has 3 rings (SSSR count). The molecule has 0 aliphatic carbocycles. The number of aromatic hydroxyl groups is 1. The average molecular weight is 434 g/mol. The monoisotopic (exact) mass is 434 g/mol. The first-order valence-corrected chi connectivity index (χ1v) is 10.3. The summed E-state index contributed by atoms with van der Waals surface area (Å²) in [6.07, 6.45) is -0.366. The van der Waals surface area contributed by atoms with Crippen molar-refractivity contribution in [3.8, 4) is 22.6 Å². The summed E-state index contributed by atoms with van der Waals surface area (Å²) in [5.41, 5.74) is 2.16. The number of para-hydroxylation sites is 1. The van der Waals surface area contributed by atoms with Crippen LogP contribution in [0.2, 0.25) is 0 Å². The van der Waals surface area contributed by atoms with Crippen molar-refractivity contribution in [1.82, 2.24) is 0 Å². The van der Waals surface area contributed by atoms with Gasteiger partial charge in [-0.2, -0.15) is 0 Å². The number of aryl methyl sites for hydroxylation is 1. The number of esters is 2. The normalized spacial score (nSPS) is 10.7. The van der Waals surface area contributed by atoms with E-state index in [1.165, 1.54) is 13.2 Å². The summed E-state index contributed by atoms with van der Waals surface area (Å²) >= 11 is 0. The summed E-state index contributed by atoms with van der Waals surface area (Å²) in [7, 11) is 1.22. The van der Waals surface area contributed by atoms with Crippen LogP contribution in [0.5, 0.6) is 11.5 Å². The average Bonchev–Trinajstić information content (AvgIpc) is 2.77. The summed E-state index contributed by atoms with van der Waals surface area (Å²) in [5, 5.41) is 10.6. The third-order valence-electron chi connectivity index (χ3n) is 4.83. The lowest BCUT2D eigenvalue weighted by molar-refractivity contribution is 0.0378. The topological polar surface area (TPSA) is 82.1 Å². The second kappa shape index (κ2) is 10.0. The Balaban J connectivity index is 2.21. The predicted octanol–water partition coefficient (Wildman–Crippen LogP) is 5.30. The highest BCUT2D eigenvalue weighted by Gasteiger charge is 2.29. The first kappa shape index (κ1) is 22.9. The van der Waals surface area contributed by atoms with Gasteiger partial charge in [0.1, 0.15) is 23.7 Å². The largest absolute Gasteiger partial charge is 0.507 e. The fourth-order valence-corrected chi connectivity index (χ4v) is 3.45. The molecule has 0 amide bonds. The van der Waals surface area contributed by atoms with Crippen LogP contribution in [-0.2, 0) is 16.1 Å². The van der Waals surface area contributed by atoms with E-state index < -0.39 is 11.9 Å². The standard InChI is InChI=1S/C26H26O6/c1-16(2)32-26(29)22-17(3)14-20(27)24(25(28)30-4)23(22)19-12-8-9-13-21(19)31-15-18-10-6-5-7-11-18/h5-14,16,27H,15H2,1-4H3. The van der Waals surface area contributed by atoms with Gasteiger partial charge in [-0.3, -0.25) is 0 Å². The number of phenols is 1. The van der Waals surface area contributed by atoms with Gasteiger partial charge < -0.3 is 19.3 Å². The van der Waals surface area contributed by atoms with Crippen LogP contribution < -0.4 is 4.74 Å². The van der Waals surface area contributed by atoms with Crippen LogP contribution in [0.25, 0.3) is 11.1 Å². The summed E-state index contributed by atoms with van der Waals surface area (Å²) < 4.78 is 16.4. The number of carbonyl (C=O) groups is 2. The van der Waals surface area contributed by atoms with Crippen molar-refractivity contribution in [3.05, 3.63) is 82.9 Å². The van der Waals surface area contributed by atoms with Crippen LogP contribution in [0.1, 0.15) is 45.7 Å². The van der Waals surface area contributed by atoms with Gasteiger partial charge in [-0.05, 0) is 44.0 Å². The Morgan fingerprint density at radius 3 is 2.25 bits per heavy atom. The molecule has 0 spiro atoms. The van der Waals surface area contributed by atoms with E-state index in [-0.39, 0.29) is 35.2 Å². The van der Waals surface area contributed by atoms with Crippen molar-refractivity contribution in [3.63, 3.8) is 0 Å². The summed E-state index contributed by atoms with van der Waals surface area (Å²) in [6, 6.07) is 18.0. The zero-order valence-corrected chi connectivity index (χ0v) is 18.5. The molecule has 0 aliphatic rings. The van der Waals surface area contributed by atoms with E-state index in [1.807, 2.05) is 30.3 Å². The maximum atomic E-state index is 13.0. The lowest BCUT2D eigenvalue weighted by Crippen LogP contribution is -2.17. The van der Waals surface area contributed by atoms with E-state index in [4.69, 9.17) is 14.2 Å². The number of ether oxygens (including phenoxy) is 3. The summed E-state index contributed by atoms with van der Waals surface area (Å²) in [6.45, 7) is 5.44. The highest BCUT2D eigenvalue weighted by atomic mass is 16.5. The van der Waals surface area contributed by atoms with Gasteiger partial charge in [0.25, 0.3) is 0 Å². The summed E-state index contributed by atoms with van der Waals surface area (Å²) in [5.74, 6) is -1.21. The molecule has 3 aromatic rings. The zero-order chi connectivity index (χ0) is 23.3. The molecule has 1 N–H and O–H groups in total. The maximum Gasteiger partial charge on any atom is 0.342 e. The second-order valence-electron chi connectivity index (χ2n) is 7.55. The number of hydrogen-bond donors (Lipinski definition) is 1. The van der Waals surface area contributed by atoms with Crippen LogP contribution >= 0.6 is 0 Å². The van der Waals surface area contributed by atoms with Crippen LogP contribution in [0, 0.1) is 6.92 Å². The van der Waals surface area contributed by atoms with Gasteiger partial charge in [-0.15, -0.1) is 0 Å². The molecule has 0 radical (unpaired) electrons. The molecule has 166 valence electrons. The van der Waals surface area contributed by atoms with Crippen molar-refractivity contribution in [2.24, 2.45) is 0 Å². The Hall–Kier alpha value is -3.80. The Bertz CT molecular complexity index is 1120.